The van der Waals surface area contributed by atoms with Gasteiger partial charge in [-0.1, -0.05) is 18.2 Å². The van der Waals surface area contributed by atoms with Gasteiger partial charge >= 0.3 is 0 Å². The van der Waals surface area contributed by atoms with E-state index in [0.29, 0.717) is 36.0 Å². The number of nitrogens with zero attached hydrogens (tertiary/aromatic N) is 3. The summed E-state index contributed by atoms with van der Waals surface area (Å²) < 4.78 is 5.44. The topological polar surface area (TPSA) is 71.7 Å². The molecule has 4 heterocycles. The van der Waals surface area contributed by atoms with Gasteiger partial charge in [-0.05, 0) is 61.3 Å². The van der Waals surface area contributed by atoms with Crippen LogP contribution in [0, 0.1) is 11.8 Å². The first-order valence-corrected chi connectivity index (χ1v) is 11.5. The molecule has 5 rings (SSSR count). The number of methoxy groups -OCH3 is 1. The minimum atomic E-state index is 0.246. The zero-order valence-corrected chi connectivity index (χ0v) is 18.2. The highest BCUT2D eigenvalue weighted by Crippen LogP contribution is 2.43. The molecule has 164 valence electrons. The second kappa shape index (κ2) is 8.50. The van der Waals surface area contributed by atoms with Gasteiger partial charge < -0.3 is 15.4 Å². The zero-order chi connectivity index (χ0) is 21.4. The number of nitrogen functional groups attached to an aromatic ring is 1. The largest absolute Gasteiger partial charge is 0.497 e. The molecular formula is C25H32N4O2. The van der Waals surface area contributed by atoms with E-state index in [0.717, 1.165) is 50.2 Å². The van der Waals surface area contributed by atoms with Crippen LogP contribution in [0.1, 0.15) is 36.8 Å². The van der Waals surface area contributed by atoms with Crippen molar-refractivity contribution in [2.75, 3.05) is 25.9 Å². The molecule has 3 aliphatic rings. The molecule has 2 bridgehead atoms. The molecule has 3 saturated heterocycles. The van der Waals surface area contributed by atoms with Crippen molar-refractivity contribution in [3.63, 3.8) is 0 Å². The highest BCUT2D eigenvalue weighted by molar-refractivity contribution is 5.78. The molecule has 3 aliphatic heterocycles. The second-order valence-electron chi connectivity index (χ2n) is 9.38. The predicted octanol–water partition coefficient (Wildman–Crippen LogP) is 3.12. The predicted molar refractivity (Wildman–Crippen MR) is 120 cm³/mol. The summed E-state index contributed by atoms with van der Waals surface area (Å²) in [4.78, 5) is 22.2. The molecule has 3 fully saturated rings. The molecular weight excluding hydrogens is 388 g/mol. The maximum atomic E-state index is 13.1. The number of ether oxygens (including phenoxy) is 1. The fourth-order valence-electron chi connectivity index (χ4n) is 6.13. The van der Waals surface area contributed by atoms with Crippen molar-refractivity contribution >= 4 is 11.7 Å². The molecule has 0 unspecified atom stereocenters. The van der Waals surface area contributed by atoms with Gasteiger partial charge in [0.2, 0.25) is 5.91 Å². The number of nitrogens with two attached hydrogens (primary N) is 1. The smallest absolute Gasteiger partial charge is 0.223 e. The van der Waals surface area contributed by atoms with Gasteiger partial charge in [-0.25, -0.2) is 4.98 Å². The summed E-state index contributed by atoms with van der Waals surface area (Å²) in [6.07, 6.45) is 6.69. The minimum absolute atomic E-state index is 0.246. The van der Waals surface area contributed by atoms with Crippen molar-refractivity contribution in [1.82, 2.24) is 14.8 Å². The lowest BCUT2D eigenvalue weighted by Crippen LogP contribution is -2.65. The highest BCUT2D eigenvalue weighted by Gasteiger charge is 2.49. The van der Waals surface area contributed by atoms with Crippen LogP contribution in [0.5, 0.6) is 5.75 Å². The van der Waals surface area contributed by atoms with Crippen LogP contribution in [-0.2, 0) is 17.8 Å². The van der Waals surface area contributed by atoms with Gasteiger partial charge in [-0.2, -0.15) is 0 Å². The number of hydrogen-bond acceptors (Lipinski definition) is 5. The van der Waals surface area contributed by atoms with E-state index >= 15 is 0 Å². The molecule has 2 aromatic rings. The Labute approximate surface area is 184 Å². The number of carbonyl (C=O) groups excluding carboxylic acids is 1. The molecule has 6 heteroatoms. The molecule has 0 aliphatic carbocycles. The Balaban J connectivity index is 1.41. The Morgan fingerprint density at radius 3 is 2.90 bits per heavy atom. The van der Waals surface area contributed by atoms with Gasteiger partial charge in [0.15, 0.2) is 0 Å². The SMILES string of the molecule is COc1cccc(C[C@H]2[C@H]3C[C@H](CN(Cc4cccnc4N)C3)[C@@H]3CCCC(=O)N32)c1. The zero-order valence-electron chi connectivity index (χ0n) is 18.2. The summed E-state index contributed by atoms with van der Waals surface area (Å²) in [6.45, 7) is 2.86. The van der Waals surface area contributed by atoms with E-state index in [1.165, 1.54) is 12.0 Å². The Hall–Kier alpha value is -2.60. The quantitative estimate of drug-likeness (QED) is 0.805. The van der Waals surface area contributed by atoms with E-state index in [1.54, 1.807) is 13.3 Å². The number of fused-ring (bicyclic) bond motifs is 4. The standard InChI is InChI=1S/C25H32N4O2/c1-31-21-7-2-5-17(11-21)12-23-20-13-19(22-8-3-9-24(30)29(22)23)15-28(16-20)14-18-6-4-10-27-25(18)26/h2,4-7,10-11,19-20,22-23H,3,8-9,12-16H2,1H3,(H2,26,27)/t19-,20+,22+,23+/m1/s1. The van der Waals surface area contributed by atoms with Crippen LogP contribution in [0.25, 0.3) is 0 Å². The molecule has 6 nitrogen and oxygen atoms in total. The van der Waals surface area contributed by atoms with Crippen molar-refractivity contribution in [3.8, 4) is 5.75 Å². The fraction of sp³-hybridized carbons (Fsp3) is 0.520. The third-order valence-corrected chi connectivity index (χ3v) is 7.47. The molecule has 1 aromatic heterocycles. The molecule has 0 spiro atoms. The van der Waals surface area contributed by atoms with Crippen molar-refractivity contribution in [1.29, 1.82) is 0 Å². The van der Waals surface area contributed by atoms with E-state index in [2.05, 4.69) is 33.0 Å². The lowest BCUT2D eigenvalue weighted by molar-refractivity contribution is -0.152. The number of carbonyl (C=O) groups is 1. The summed E-state index contributed by atoms with van der Waals surface area (Å²) in [5, 5.41) is 0. The van der Waals surface area contributed by atoms with E-state index in [4.69, 9.17) is 10.5 Å². The van der Waals surface area contributed by atoms with Crippen molar-refractivity contribution in [2.24, 2.45) is 11.8 Å². The van der Waals surface area contributed by atoms with Crippen molar-refractivity contribution < 1.29 is 9.53 Å². The number of aromatic nitrogens is 1. The Bertz CT molecular complexity index is 949. The van der Waals surface area contributed by atoms with Crippen molar-refractivity contribution in [3.05, 3.63) is 53.7 Å². The highest BCUT2D eigenvalue weighted by atomic mass is 16.5. The molecule has 0 radical (unpaired) electrons. The van der Waals surface area contributed by atoms with Gasteiger partial charge in [0, 0.05) is 49.9 Å². The molecule has 1 amide bonds. The number of benzene rings is 1. The summed E-state index contributed by atoms with van der Waals surface area (Å²) in [6, 6.07) is 13.0. The first kappa shape index (κ1) is 20.3. The monoisotopic (exact) mass is 420 g/mol. The number of anilines is 1. The molecule has 0 saturated carbocycles. The fourth-order valence-corrected chi connectivity index (χ4v) is 6.13. The van der Waals surface area contributed by atoms with Gasteiger partial charge in [0.25, 0.3) is 0 Å². The van der Waals surface area contributed by atoms with Gasteiger partial charge in [-0.15, -0.1) is 0 Å². The van der Waals surface area contributed by atoms with Crippen LogP contribution in [-0.4, -0.2) is 53.0 Å². The lowest BCUT2D eigenvalue weighted by Gasteiger charge is -2.57. The first-order chi connectivity index (χ1) is 15.1. The third-order valence-electron chi connectivity index (χ3n) is 7.47. The third kappa shape index (κ3) is 4.01. The van der Waals surface area contributed by atoms with Crippen LogP contribution < -0.4 is 10.5 Å². The first-order valence-electron chi connectivity index (χ1n) is 11.5. The van der Waals surface area contributed by atoms with Crippen LogP contribution in [0.2, 0.25) is 0 Å². The number of piperidine rings is 3. The summed E-state index contributed by atoms with van der Waals surface area (Å²) in [7, 11) is 1.71. The Morgan fingerprint density at radius 2 is 2.06 bits per heavy atom. The number of amides is 1. The Morgan fingerprint density at radius 1 is 1.19 bits per heavy atom. The van der Waals surface area contributed by atoms with E-state index in [-0.39, 0.29) is 6.04 Å². The van der Waals surface area contributed by atoms with Crippen LogP contribution in [0.3, 0.4) is 0 Å². The number of hydrogen-bond donors (Lipinski definition) is 1. The average molecular weight is 421 g/mol. The molecule has 4 atom stereocenters. The average Bonchev–Trinajstić information content (AvgIpc) is 2.78. The summed E-state index contributed by atoms with van der Waals surface area (Å²) in [5.41, 5.74) is 8.48. The van der Waals surface area contributed by atoms with E-state index in [9.17, 15) is 4.79 Å². The van der Waals surface area contributed by atoms with Crippen LogP contribution in [0.15, 0.2) is 42.6 Å². The second-order valence-corrected chi connectivity index (χ2v) is 9.38. The van der Waals surface area contributed by atoms with Gasteiger partial charge in [-0.3, -0.25) is 9.69 Å². The van der Waals surface area contributed by atoms with E-state index < -0.39 is 0 Å². The van der Waals surface area contributed by atoms with Crippen LogP contribution >= 0.6 is 0 Å². The van der Waals surface area contributed by atoms with Crippen LogP contribution in [0.4, 0.5) is 5.82 Å². The maximum absolute atomic E-state index is 13.1. The summed E-state index contributed by atoms with van der Waals surface area (Å²) >= 11 is 0. The molecule has 2 N–H and O–H groups in total. The normalized spacial score (nSPS) is 28.3. The number of rotatable bonds is 5. The molecule has 31 heavy (non-hydrogen) atoms. The molecule has 1 aromatic carbocycles. The van der Waals surface area contributed by atoms with E-state index in [1.807, 2.05) is 18.2 Å². The minimum Gasteiger partial charge on any atom is -0.497 e. The maximum Gasteiger partial charge on any atom is 0.223 e. The number of likely N-dealkylation sites (tertiary alicyclic amines) is 1. The van der Waals surface area contributed by atoms with Gasteiger partial charge in [0.05, 0.1) is 7.11 Å². The number of pyridine rings is 1. The lowest BCUT2D eigenvalue weighted by atomic mass is 9.70. The van der Waals surface area contributed by atoms with Crippen molar-refractivity contribution in [2.45, 2.75) is 50.7 Å². The summed E-state index contributed by atoms with van der Waals surface area (Å²) in [5.74, 6) is 2.87. The Kier molecular flexibility index (Phi) is 5.57. The van der Waals surface area contributed by atoms with Gasteiger partial charge in [0.1, 0.15) is 11.6 Å².